The highest BCUT2D eigenvalue weighted by molar-refractivity contribution is 6.14. The van der Waals surface area contributed by atoms with Gasteiger partial charge in [0.25, 0.3) is 0 Å². The molecule has 0 N–H and O–H groups in total. The zero-order valence-corrected chi connectivity index (χ0v) is 45.8. The predicted octanol–water partition coefficient (Wildman–Crippen LogP) is 19.9. The Morgan fingerprint density at radius 1 is 0.422 bits per heavy atom. The number of rotatable bonds is 9. The lowest BCUT2D eigenvalue weighted by atomic mass is 9.87. The SMILES string of the molecule is C1=CCC(c2nc(-c3cc(C4=CCCCC4)c(-n4c5ccc(Cn6c7ccccc7c7ccccc76)cc5c5cc(-n6c7ccccc7c7ccccc76)ccc54)c(-c4ccccc4)c3)nc(-c3ccc4c(c3)oc3ccccc34)n2)CC1. The van der Waals surface area contributed by atoms with Crippen LogP contribution in [0.3, 0.4) is 0 Å². The highest BCUT2D eigenvalue weighted by Crippen LogP contribution is 2.46. The maximum atomic E-state index is 6.46. The summed E-state index contributed by atoms with van der Waals surface area (Å²) in [6.45, 7) is 0.727. The molecule has 7 nitrogen and oxygen atoms in total. The van der Waals surface area contributed by atoms with Crippen molar-refractivity contribution in [3.63, 3.8) is 0 Å². The molecule has 1 unspecified atom stereocenters. The lowest BCUT2D eigenvalue weighted by Crippen LogP contribution is -2.10. The van der Waals surface area contributed by atoms with Gasteiger partial charge in [-0.2, -0.15) is 0 Å². The van der Waals surface area contributed by atoms with E-state index in [4.69, 9.17) is 19.4 Å². The van der Waals surface area contributed by atoms with Crippen molar-refractivity contribution < 1.29 is 4.42 Å². The number of aromatic nitrogens is 6. The first-order valence-electron chi connectivity index (χ1n) is 29.4. The molecule has 5 aromatic heterocycles. The van der Waals surface area contributed by atoms with Crippen molar-refractivity contribution >= 4 is 92.9 Å². The summed E-state index contributed by atoms with van der Waals surface area (Å²) in [4.78, 5) is 16.3. The first kappa shape index (κ1) is 47.7. The molecule has 17 rings (SSSR count). The Kier molecular flexibility index (Phi) is 11.1. The minimum atomic E-state index is 0.175. The Balaban J connectivity index is 0.924. The second-order valence-electron chi connectivity index (χ2n) is 22.8. The smallest absolute Gasteiger partial charge is 0.163 e. The van der Waals surface area contributed by atoms with Crippen LogP contribution in [0.15, 0.2) is 241 Å². The molecule has 0 spiro atoms. The van der Waals surface area contributed by atoms with E-state index in [1.807, 2.05) is 12.1 Å². The maximum absolute atomic E-state index is 6.46. The third kappa shape index (κ3) is 7.82. The van der Waals surface area contributed by atoms with Gasteiger partial charge in [0.2, 0.25) is 0 Å². The maximum Gasteiger partial charge on any atom is 0.163 e. The van der Waals surface area contributed by atoms with Crippen LogP contribution in [0.4, 0.5) is 0 Å². The Morgan fingerprint density at radius 2 is 1.04 bits per heavy atom. The van der Waals surface area contributed by atoms with E-state index in [0.717, 1.165) is 117 Å². The second-order valence-corrected chi connectivity index (χ2v) is 22.8. The molecule has 5 heterocycles. The van der Waals surface area contributed by atoms with Crippen LogP contribution in [0, 0.1) is 0 Å². The van der Waals surface area contributed by atoms with Gasteiger partial charge in [-0.1, -0.05) is 152 Å². The van der Waals surface area contributed by atoms with E-state index < -0.39 is 0 Å². The average Bonchev–Trinajstić information content (AvgIpc) is 3.98. The summed E-state index contributed by atoms with van der Waals surface area (Å²) in [7, 11) is 0. The van der Waals surface area contributed by atoms with Crippen LogP contribution in [0.5, 0.6) is 0 Å². The predicted molar refractivity (Wildman–Crippen MR) is 343 cm³/mol. The van der Waals surface area contributed by atoms with Crippen LogP contribution < -0.4 is 0 Å². The molecule has 0 fully saturated rings. The fourth-order valence-corrected chi connectivity index (χ4v) is 14.0. The first-order chi connectivity index (χ1) is 41.1. The summed E-state index contributed by atoms with van der Waals surface area (Å²) in [6.07, 6.45) is 14.3. The summed E-state index contributed by atoms with van der Waals surface area (Å²) in [5.41, 5.74) is 19.1. The molecule has 83 heavy (non-hydrogen) atoms. The van der Waals surface area contributed by atoms with E-state index in [-0.39, 0.29) is 5.92 Å². The molecule has 0 saturated carbocycles. The molecular formula is C76H56N6O. The van der Waals surface area contributed by atoms with E-state index in [2.05, 4.69) is 238 Å². The van der Waals surface area contributed by atoms with E-state index in [9.17, 15) is 0 Å². The number of para-hydroxylation sites is 5. The zero-order valence-electron chi connectivity index (χ0n) is 45.8. The summed E-state index contributed by atoms with van der Waals surface area (Å²) < 4.78 is 14.0. The lowest BCUT2D eigenvalue weighted by molar-refractivity contribution is 0.581. The van der Waals surface area contributed by atoms with Gasteiger partial charge in [-0.15, -0.1) is 0 Å². The van der Waals surface area contributed by atoms with Crippen molar-refractivity contribution in [2.45, 2.75) is 57.4 Å². The monoisotopic (exact) mass is 1070 g/mol. The number of hydrogen-bond acceptors (Lipinski definition) is 4. The fourth-order valence-electron chi connectivity index (χ4n) is 14.0. The number of nitrogens with zero attached hydrogens (tertiary/aromatic N) is 6. The van der Waals surface area contributed by atoms with Crippen LogP contribution in [-0.2, 0) is 6.54 Å². The molecule has 0 saturated heterocycles. The minimum Gasteiger partial charge on any atom is -0.456 e. The molecule has 0 radical (unpaired) electrons. The van der Waals surface area contributed by atoms with Crippen LogP contribution in [0.25, 0.3) is 138 Å². The third-order valence-electron chi connectivity index (χ3n) is 17.9. The largest absolute Gasteiger partial charge is 0.456 e. The Labute approximate surface area is 479 Å². The molecular weight excluding hydrogens is 1010 g/mol. The minimum absolute atomic E-state index is 0.175. The van der Waals surface area contributed by atoms with Crippen molar-refractivity contribution in [1.82, 2.24) is 28.7 Å². The molecule has 15 aromatic rings. The number of benzene rings is 10. The quantitative estimate of drug-likeness (QED) is 0.135. The van der Waals surface area contributed by atoms with Gasteiger partial charge in [-0.3, -0.25) is 0 Å². The number of fused-ring (bicyclic) bond motifs is 12. The van der Waals surface area contributed by atoms with Crippen molar-refractivity contribution in [3.8, 4) is 45.3 Å². The third-order valence-corrected chi connectivity index (χ3v) is 17.9. The molecule has 10 aromatic carbocycles. The van der Waals surface area contributed by atoms with Crippen molar-refractivity contribution in [2.24, 2.45) is 0 Å². The van der Waals surface area contributed by atoms with Gasteiger partial charge in [-0.05, 0) is 147 Å². The normalized spacial score (nSPS) is 14.8. The fraction of sp³-hybridized carbons (Fsp3) is 0.118. The topological polar surface area (TPSA) is 66.6 Å². The molecule has 1 atom stereocenters. The summed E-state index contributed by atoms with van der Waals surface area (Å²) in [5.74, 6) is 2.34. The van der Waals surface area contributed by atoms with E-state index in [1.165, 1.54) is 77.5 Å². The molecule has 2 aliphatic rings. The summed E-state index contributed by atoms with van der Waals surface area (Å²) >= 11 is 0. The molecule has 7 heteroatoms. The van der Waals surface area contributed by atoms with Crippen LogP contribution >= 0.6 is 0 Å². The Bertz CT molecular complexity index is 5080. The highest BCUT2D eigenvalue weighted by atomic mass is 16.3. The lowest BCUT2D eigenvalue weighted by Gasteiger charge is -2.24. The van der Waals surface area contributed by atoms with Gasteiger partial charge in [0.05, 0.1) is 27.8 Å². The Hall–Kier alpha value is -10.1. The van der Waals surface area contributed by atoms with E-state index in [0.29, 0.717) is 11.6 Å². The van der Waals surface area contributed by atoms with Crippen molar-refractivity contribution in [2.75, 3.05) is 0 Å². The summed E-state index contributed by atoms with van der Waals surface area (Å²) in [6, 6.07) is 80.1. The van der Waals surface area contributed by atoms with Crippen molar-refractivity contribution in [1.29, 1.82) is 0 Å². The molecule has 0 bridgehead atoms. The molecule has 2 aliphatic carbocycles. The number of hydrogen-bond donors (Lipinski definition) is 0. The average molecular weight is 1070 g/mol. The zero-order chi connectivity index (χ0) is 54.5. The van der Waals surface area contributed by atoms with Gasteiger partial charge in [0.1, 0.15) is 17.0 Å². The van der Waals surface area contributed by atoms with Crippen LogP contribution in [-0.4, -0.2) is 28.7 Å². The molecule has 0 amide bonds. The standard InChI is InChI=1S/C76H56N6O/c1-4-20-49(21-5-1)61-43-53(76-78-74(51-24-8-3-9-25-51)77-75(79-76)52-37-39-60-59-30-14-19-35-71(59)83-72(60)45-52)44-62(50-22-6-2-7-23-50)73(61)82-69-40-36-48(47-80-65-31-15-10-26-55(65)56-27-11-16-32-66(56)80)42-63(69)64-46-54(38-41-70(64)82)81-67-33-17-12-28-57(67)58-29-13-18-34-68(58)81/h1,3-5,8,10-22,26-46,51H,2,6-7,9,23-25,47H2. The first-order valence-corrected chi connectivity index (χ1v) is 29.4. The van der Waals surface area contributed by atoms with Crippen LogP contribution in [0.2, 0.25) is 0 Å². The van der Waals surface area contributed by atoms with Gasteiger partial charge < -0.3 is 18.1 Å². The highest BCUT2D eigenvalue weighted by Gasteiger charge is 2.27. The van der Waals surface area contributed by atoms with Crippen LogP contribution in [0.1, 0.15) is 67.8 Å². The van der Waals surface area contributed by atoms with Gasteiger partial charge >= 0.3 is 0 Å². The Morgan fingerprint density at radius 3 is 1.75 bits per heavy atom. The van der Waals surface area contributed by atoms with Gasteiger partial charge in [0.15, 0.2) is 11.6 Å². The summed E-state index contributed by atoms with van der Waals surface area (Å²) in [5, 5.41) is 9.64. The molecule has 0 aliphatic heterocycles. The van der Waals surface area contributed by atoms with Gasteiger partial charge in [-0.25, -0.2) is 15.0 Å². The number of furan rings is 1. The van der Waals surface area contributed by atoms with Crippen molar-refractivity contribution in [3.05, 3.63) is 254 Å². The van der Waals surface area contributed by atoms with E-state index >= 15 is 0 Å². The van der Waals surface area contributed by atoms with Gasteiger partial charge in [0, 0.05) is 94.5 Å². The second kappa shape index (κ2) is 19.3. The number of allylic oxidation sites excluding steroid dienone is 4. The van der Waals surface area contributed by atoms with E-state index in [1.54, 1.807) is 0 Å². The molecule has 396 valence electrons.